The van der Waals surface area contributed by atoms with Crippen LogP contribution in [-0.4, -0.2) is 22.6 Å². The van der Waals surface area contributed by atoms with Crippen LogP contribution < -0.4 is 0 Å². The summed E-state index contributed by atoms with van der Waals surface area (Å²) in [5, 5.41) is 2.12. The molecule has 0 spiro atoms. The van der Waals surface area contributed by atoms with Gasteiger partial charge in [0.05, 0.1) is 13.2 Å². The van der Waals surface area contributed by atoms with Gasteiger partial charge in [-0.3, -0.25) is 4.90 Å². The van der Waals surface area contributed by atoms with Gasteiger partial charge in [-0.25, -0.2) is 0 Å². The number of halogens is 1. The number of hydrogen-bond donors (Lipinski definition) is 0. The fraction of sp³-hybridized carbons (Fsp3) is 0.391. The molecule has 0 saturated carbocycles. The Morgan fingerprint density at radius 3 is 2.48 bits per heavy atom. The molecule has 4 heteroatoms. The summed E-state index contributed by atoms with van der Waals surface area (Å²) < 4.78 is 8.40. The maximum absolute atomic E-state index is 6.27. The highest BCUT2D eigenvalue weighted by Crippen LogP contribution is 2.28. The second kappa shape index (κ2) is 8.47. The molecule has 0 amide bonds. The third-order valence-electron chi connectivity index (χ3n) is 5.63. The topological polar surface area (TPSA) is 17.4 Å². The predicted molar refractivity (Wildman–Crippen MR) is 112 cm³/mol. The Balaban J connectivity index is 1.57. The Kier molecular flexibility index (Phi) is 5.82. The van der Waals surface area contributed by atoms with Crippen molar-refractivity contribution in [1.29, 1.82) is 0 Å². The van der Waals surface area contributed by atoms with Crippen molar-refractivity contribution in [1.82, 2.24) is 9.47 Å². The zero-order chi connectivity index (χ0) is 18.6. The molecule has 27 heavy (non-hydrogen) atoms. The van der Waals surface area contributed by atoms with E-state index in [1.165, 1.54) is 54.5 Å². The lowest BCUT2D eigenvalue weighted by molar-refractivity contribution is 0.101. The highest BCUT2D eigenvalue weighted by Gasteiger charge is 2.19. The lowest BCUT2D eigenvalue weighted by Crippen LogP contribution is -2.29. The molecule has 1 aliphatic heterocycles. The van der Waals surface area contributed by atoms with E-state index in [2.05, 4.69) is 40.8 Å². The second-order valence-corrected chi connectivity index (χ2v) is 7.83. The van der Waals surface area contributed by atoms with Gasteiger partial charge in [0, 0.05) is 35.2 Å². The fourth-order valence-electron chi connectivity index (χ4n) is 4.10. The van der Waals surface area contributed by atoms with Crippen LogP contribution in [-0.2, 0) is 31.5 Å². The first-order chi connectivity index (χ1) is 13.2. The Bertz CT molecular complexity index is 912. The number of benzene rings is 2. The van der Waals surface area contributed by atoms with E-state index in [9.17, 15) is 0 Å². The van der Waals surface area contributed by atoms with E-state index in [4.69, 9.17) is 16.3 Å². The predicted octanol–water partition coefficient (Wildman–Crippen LogP) is 5.53. The monoisotopic (exact) mass is 382 g/mol. The Morgan fingerprint density at radius 2 is 1.67 bits per heavy atom. The summed E-state index contributed by atoms with van der Waals surface area (Å²) in [6.45, 7) is 4.53. The first kappa shape index (κ1) is 18.5. The van der Waals surface area contributed by atoms with Gasteiger partial charge in [0.25, 0.3) is 0 Å². The summed E-state index contributed by atoms with van der Waals surface area (Å²) in [5.41, 5.74) is 5.00. The number of fused-ring (bicyclic) bond motifs is 1. The molecule has 0 bridgehead atoms. The van der Waals surface area contributed by atoms with Gasteiger partial charge in [-0.1, -0.05) is 54.4 Å². The molecule has 2 heterocycles. The molecule has 0 radical (unpaired) electrons. The van der Waals surface area contributed by atoms with Crippen molar-refractivity contribution in [2.75, 3.05) is 13.1 Å². The first-order valence-electron chi connectivity index (χ1n) is 9.82. The van der Waals surface area contributed by atoms with Crippen molar-refractivity contribution in [2.24, 2.45) is 7.05 Å². The number of para-hydroxylation sites is 1. The zero-order valence-corrected chi connectivity index (χ0v) is 16.7. The number of aromatic nitrogens is 1. The van der Waals surface area contributed by atoms with Gasteiger partial charge in [0.2, 0.25) is 0 Å². The molecule has 1 aromatic heterocycles. The van der Waals surface area contributed by atoms with Crippen LogP contribution in [0.4, 0.5) is 0 Å². The van der Waals surface area contributed by atoms with Gasteiger partial charge in [0.15, 0.2) is 0 Å². The van der Waals surface area contributed by atoms with Crippen molar-refractivity contribution < 1.29 is 4.74 Å². The summed E-state index contributed by atoms with van der Waals surface area (Å²) >= 11 is 6.27. The van der Waals surface area contributed by atoms with Crippen LogP contribution in [0.15, 0.2) is 48.5 Å². The van der Waals surface area contributed by atoms with Gasteiger partial charge in [0.1, 0.15) is 0 Å². The van der Waals surface area contributed by atoms with Crippen LogP contribution in [0.3, 0.4) is 0 Å². The molecule has 142 valence electrons. The lowest BCUT2D eigenvalue weighted by Gasteiger charge is -2.26. The average molecular weight is 383 g/mol. The largest absolute Gasteiger partial charge is 0.370 e. The van der Waals surface area contributed by atoms with Crippen molar-refractivity contribution in [2.45, 2.75) is 39.0 Å². The minimum absolute atomic E-state index is 0.532. The SMILES string of the molecule is Cn1c(COCc2ccccc2Cl)c(CN2CCCCC2)c2ccccc21. The van der Waals surface area contributed by atoms with E-state index in [1.807, 2.05) is 24.3 Å². The van der Waals surface area contributed by atoms with Gasteiger partial charge in [-0.15, -0.1) is 0 Å². The van der Waals surface area contributed by atoms with E-state index in [1.54, 1.807) is 0 Å². The molecule has 2 aromatic carbocycles. The average Bonchev–Trinajstić information content (AvgIpc) is 2.96. The number of hydrogen-bond acceptors (Lipinski definition) is 2. The Labute approximate surface area is 166 Å². The van der Waals surface area contributed by atoms with Crippen LogP contribution in [0.5, 0.6) is 0 Å². The second-order valence-electron chi connectivity index (χ2n) is 7.42. The van der Waals surface area contributed by atoms with Crippen LogP contribution in [0.1, 0.15) is 36.1 Å². The zero-order valence-electron chi connectivity index (χ0n) is 16.0. The number of nitrogens with zero attached hydrogens (tertiary/aromatic N) is 2. The number of likely N-dealkylation sites (tertiary alicyclic amines) is 1. The van der Waals surface area contributed by atoms with Crippen LogP contribution in [0, 0.1) is 0 Å². The number of ether oxygens (including phenoxy) is 1. The highest BCUT2D eigenvalue weighted by atomic mass is 35.5. The molecule has 0 N–H and O–H groups in total. The molecular formula is C23H27ClN2O. The van der Waals surface area contributed by atoms with E-state index < -0.39 is 0 Å². The number of piperidine rings is 1. The molecular weight excluding hydrogens is 356 g/mol. The molecule has 4 rings (SSSR count). The first-order valence-corrected chi connectivity index (χ1v) is 10.2. The van der Waals surface area contributed by atoms with Gasteiger partial charge in [-0.2, -0.15) is 0 Å². The summed E-state index contributed by atoms with van der Waals surface area (Å²) in [7, 11) is 2.15. The summed E-state index contributed by atoms with van der Waals surface area (Å²) in [6, 6.07) is 16.6. The third kappa shape index (κ3) is 4.06. The molecule has 0 unspecified atom stereocenters. The number of rotatable bonds is 6. The summed E-state index contributed by atoms with van der Waals surface area (Å²) in [5.74, 6) is 0. The smallest absolute Gasteiger partial charge is 0.0875 e. The molecule has 1 fully saturated rings. The van der Waals surface area contributed by atoms with E-state index in [-0.39, 0.29) is 0 Å². The highest BCUT2D eigenvalue weighted by molar-refractivity contribution is 6.31. The minimum Gasteiger partial charge on any atom is -0.370 e. The van der Waals surface area contributed by atoms with Gasteiger partial charge >= 0.3 is 0 Å². The van der Waals surface area contributed by atoms with E-state index >= 15 is 0 Å². The number of aryl methyl sites for hydroxylation is 1. The van der Waals surface area contributed by atoms with Crippen molar-refractivity contribution in [3.05, 3.63) is 70.4 Å². The molecule has 3 aromatic rings. The van der Waals surface area contributed by atoms with Crippen LogP contribution in [0.25, 0.3) is 10.9 Å². The fourth-order valence-corrected chi connectivity index (χ4v) is 4.29. The molecule has 1 aliphatic rings. The van der Waals surface area contributed by atoms with E-state index in [0.29, 0.717) is 13.2 Å². The van der Waals surface area contributed by atoms with E-state index in [0.717, 1.165) is 17.1 Å². The van der Waals surface area contributed by atoms with Crippen LogP contribution >= 0.6 is 11.6 Å². The molecule has 0 aliphatic carbocycles. The van der Waals surface area contributed by atoms with Crippen LogP contribution in [0.2, 0.25) is 5.02 Å². The molecule has 1 saturated heterocycles. The van der Waals surface area contributed by atoms with Crippen molar-refractivity contribution >= 4 is 22.5 Å². The lowest BCUT2D eigenvalue weighted by atomic mass is 10.1. The minimum atomic E-state index is 0.532. The standard InChI is InChI=1S/C23H27ClN2O/c1-25-22-12-6-4-10-19(22)20(15-26-13-7-2-8-14-26)23(25)17-27-16-18-9-3-5-11-21(18)24/h3-6,9-12H,2,7-8,13-17H2,1H3. The van der Waals surface area contributed by atoms with Gasteiger partial charge in [-0.05, 0) is 49.2 Å². The molecule has 3 nitrogen and oxygen atoms in total. The van der Waals surface area contributed by atoms with Gasteiger partial charge < -0.3 is 9.30 Å². The normalized spacial score (nSPS) is 15.5. The quantitative estimate of drug-likeness (QED) is 0.557. The summed E-state index contributed by atoms with van der Waals surface area (Å²) in [6.07, 6.45) is 3.98. The Hall–Kier alpha value is -1.81. The van der Waals surface area contributed by atoms with Crippen molar-refractivity contribution in [3.8, 4) is 0 Å². The maximum Gasteiger partial charge on any atom is 0.0875 e. The maximum atomic E-state index is 6.27. The van der Waals surface area contributed by atoms with Crippen molar-refractivity contribution in [3.63, 3.8) is 0 Å². The third-order valence-corrected chi connectivity index (χ3v) is 6.00. The Morgan fingerprint density at radius 1 is 0.926 bits per heavy atom. The molecule has 0 atom stereocenters. The summed E-state index contributed by atoms with van der Waals surface area (Å²) in [4.78, 5) is 2.59.